The van der Waals surface area contributed by atoms with Gasteiger partial charge in [0.05, 0.1) is 7.11 Å². The average Bonchev–Trinajstić information content (AvgIpc) is 2.76. The van der Waals surface area contributed by atoms with Crippen LogP contribution >= 0.6 is 0 Å². The number of hydrazine groups is 1. The molecule has 0 radical (unpaired) electrons. The van der Waals surface area contributed by atoms with E-state index in [1.54, 1.807) is 18.2 Å². The zero-order valence-electron chi connectivity index (χ0n) is 17.1. The molecule has 0 bridgehead atoms. The number of methoxy groups -OCH3 is 1. The summed E-state index contributed by atoms with van der Waals surface area (Å²) >= 11 is 0. The summed E-state index contributed by atoms with van der Waals surface area (Å²) in [6.07, 6.45) is 2.87. The Morgan fingerprint density at radius 1 is 1.07 bits per heavy atom. The molecule has 0 saturated carbocycles. The van der Waals surface area contributed by atoms with Crippen LogP contribution < -0.4 is 29.8 Å². The van der Waals surface area contributed by atoms with Gasteiger partial charge in [-0.15, -0.1) is 0 Å². The Bertz CT molecular complexity index is 953. The van der Waals surface area contributed by atoms with Gasteiger partial charge in [-0.2, -0.15) is 0 Å². The second-order valence-corrected chi connectivity index (χ2v) is 6.68. The Morgan fingerprint density at radius 3 is 2.67 bits per heavy atom. The number of hydrogen-bond acceptors (Lipinski definition) is 6. The summed E-state index contributed by atoms with van der Waals surface area (Å²) in [6.45, 7) is 4.52. The third-order valence-electron chi connectivity index (χ3n) is 4.31. The Balaban J connectivity index is 1.51. The van der Waals surface area contributed by atoms with Crippen molar-refractivity contribution in [1.29, 1.82) is 0 Å². The number of ether oxygens (including phenoxy) is 4. The molecule has 3 rings (SSSR count). The van der Waals surface area contributed by atoms with Crippen LogP contribution in [-0.2, 0) is 9.59 Å². The molecule has 2 aromatic rings. The lowest BCUT2D eigenvalue weighted by atomic mass is 10.1. The standard InChI is InChI=1S/C22H24N2O6/c1-14-4-5-15(2)17(10-14)30-13-21(26)24-23-20(25)7-6-16-11-18(27-3)22-19(12-16)28-8-9-29-22/h4-7,10-12H,8-9,13H2,1-3H3,(H,23,25)(H,24,26)/b7-6+. The first-order chi connectivity index (χ1) is 14.5. The highest BCUT2D eigenvalue weighted by molar-refractivity contribution is 5.93. The van der Waals surface area contributed by atoms with Gasteiger partial charge < -0.3 is 18.9 Å². The smallest absolute Gasteiger partial charge is 0.276 e. The van der Waals surface area contributed by atoms with Gasteiger partial charge in [0.1, 0.15) is 19.0 Å². The van der Waals surface area contributed by atoms with Gasteiger partial charge in [0.2, 0.25) is 5.75 Å². The van der Waals surface area contributed by atoms with E-state index in [9.17, 15) is 9.59 Å². The van der Waals surface area contributed by atoms with E-state index >= 15 is 0 Å². The minimum atomic E-state index is -0.496. The highest BCUT2D eigenvalue weighted by Gasteiger charge is 2.17. The number of hydrogen-bond donors (Lipinski definition) is 2. The third-order valence-corrected chi connectivity index (χ3v) is 4.31. The van der Waals surface area contributed by atoms with Gasteiger partial charge in [0.15, 0.2) is 18.1 Å². The maximum absolute atomic E-state index is 12.0. The maximum Gasteiger partial charge on any atom is 0.276 e. The van der Waals surface area contributed by atoms with Gasteiger partial charge in [-0.25, -0.2) is 0 Å². The second-order valence-electron chi connectivity index (χ2n) is 6.68. The number of fused-ring (bicyclic) bond motifs is 1. The molecule has 30 heavy (non-hydrogen) atoms. The number of rotatable bonds is 6. The van der Waals surface area contributed by atoms with E-state index in [0.717, 1.165) is 11.1 Å². The average molecular weight is 412 g/mol. The van der Waals surface area contributed by atoms with Gasteiger partial charge in [-0.1, -0.05) is 12.1 Å². The monoisotopic (exact) mass is 412 g/mol. The molecule has 2 amide bonds. The van der Waals surface area contributed by atoms with E-state index in [1.165, 1.54) is 13.2 Å². The number of benzene rings is 2. The molecule has 1 aliphatic rings. The predicted molar refractivity (Wildman–Crippen MR) is 111 cm³/mol. The Kier molecular flexibility index (Phi) is 6.79. The topological polar surface area (TPSA) is 95.1 Å². The van der Waals surface area contributed by atoms with Crippen LogP contribution in [0.4, 0.5) is 0 Å². The molecular formula is C22H24N2O6. The largest absolute Gasteiger partial charge is 0.493 e. The van der Waals surface area contributed by atoms with Crippen LogP contribution in [0.3, 0.4) is 0 Å². The first-order valence-corrected chi connectivity index (χ1v) is 9.41. The molecule has 0 atom stereocenters. The van der Waals surface area contributed by atoms with Gasteiger partial charge >= 0.3 is 0 Å². The fourth-order valence-electron chi connectivity index (χ4n) is 2.78. The lowest BCUT2D eigenvalue weighted by Gasteiger charge is -2.20. The second kappa shape index (κ2) is 9.69. The number of carbonyl (C=O) groups excluding carboxylic acids is 2. The van der Waals surface area contributed by atoms with E-state index < -0.39 is 11.8 Å². The van der Waals surface area contributed by atoms with Crippen LogP contribution in [0.1, 0.15) is 16.7 Å². The van der Waals surface area contributed by atoms with Crippen molar-refractivity contribution in [2.45, 2.75) is 13.8 Å². The van der Waals surface area contributed by atoms with Crippen molar-refractivity contribution < 1.29 is 28.5 Å². The first-order valence-electron chi connectivity index (χ1n) is 9.41. The van der Waals surface area contributed by atoms with Crippen LogP contribution in [-0.4, -0.2) is 38.7 Å². The van der Waals surface area contributed by atoms with E-state index in [-0.39, 0.29) is 6.61 Å². The van der Waals surface area contributed by atoms with Crippen molar-refractivity contribution in [2.75, 3.05) is 26.9 Å². The molecule has 0 fully saturated rings. The van der Waals surface area contributed by atoms with Gasteiger partial charge in [0, 0.05) is 6.08 Å². The van der Waals surface area contributed by atoms with Crippen molar-refractivity contribution >= 4 is 17.9 Å². The quantitative estimate of drug-likeness (QED) is 0.559. The van der Waals surface area contributed by atoms with Gasteiger partial charge in [-0.05, 0) is 54.8 Å². The molecule has 158 valence electrons. The van der Waals surface area contributed by atoms with E-state index in [4.69, 9.17) is 18.9 Å². The number of carbonyl (C=O) groups is 2. The predicted octanol–water partition coefficient (Wildman–Crippen LogP) is 2.32. The fourth-order valence-corrected chi connectivity index (χ4v) is 2.78. The summed E-state index contributed by atoms with van der Waals surface area (Å²) < 4.78 is 21.9. The minimum Gasteiger partial charge on any atom is -0.493 e. The zero-order valence-corrected chi connectivity index (χ0v) is 17.1. The Labute approximate surface area is 174 Å². The summed E-state index contributed by atoms with van der Waals surface area (Å²) in [5, 5.41) is 0. The first kappa shape index (κ1) is 21.0. The molecule has 0 unspecified atom stereocenters. The lowest BCUT2D eigenvalue weighted by molar-refractivity contribution is -0.128. The van der Waals surface area contributed by atoms with E-state index in [2.05, 4.69) is 10.9 Å². The fraction of sp³-hybridized carbons (Fsp3) is 0.273. The highest BCUT2D eigenvalue weighted by atomic mass is 16.6. The van der Waals surface area contributed by atoms with Crippen LogP contribution in [0.25, 0.3) is 6.08 Å². The van der Waals surface area contributed by atoms with Crippen LogP contribution in [0.15, 0.2) is 36.4 Å². The number of nitrogens with one attached hydrogen (secondary N) is 2. The molecule has 0 spiro atoms. The van der Waals surface area contributed by atoms with E-state index in [0.29, 0.717) is 41.8 Å². The van der Waals surface area contributed by atoms with Gasteiger partial charge in [0.25, 0.3) is 11.8 Å². The highest BCUT2D eigenvalue weighted by Crippen LogP contribution is 2.40. The molecule has 1 aliphatic heterocycles. The van der Waals surface area contributed by atoms with Crippen molar-refractivity contribution in [2.24, 2.45) is 0 Å². The molecule has 2 aromatic carbocycles. The molecule has 8 nitrogen and oxygen atoms in total. The van der Waals surface area contributed by atoms with E-state index in [1.807, 2.05) is 32.0 Å². The normalized spacial score (nSPS) is 12.4. The molecular weight excluding hydrogens is 388 g/mol. The summed E-state index contributed by atoms with van der Waals surface area (Å²) in [4.78, 5) is 23.9. The van der Waals surface area contributed by atoms with Crippen molar-refractivity contribution in [3.05, 3.63) is 53.1 Å². The molecule has 1 heterocycles. The van der Waals surface area contributed by atoms with Crippen molar-refractivity contribution in [3.8, 4) is 23.0 Å². The van der Waals surface area contributed by atoms with Crippen LogP contribution in [0.2, 0.25) is 0 Å². The van der Waals surface area contributed by atoms with Crippen LogP contribution in [0.5, 0.6) is 23.0 Å². The number of amides is 2. The maximum atomic E-state index is 12.0. The summed E-state index contributed by atoms with van der Waals surface area (Å²) in [5.41, 5.74) is 7.27. The zero-order chi connectivity index (χ0) is 21.5. The molecule has 8 heteroatoms. The molecule has 0 aliphatic carbocycles. The minimum absolute atomic E-state index is 0.215. The van der Waals surface area contributed by atoms with Crippen LogP contribution in [0, 0.1) is 13.8 Å². The van der Waals surface area contributed by atoms with Crippen molar-refractivity contribution in [1.82, 2.24) is 10.9 Å². The molecule has 2 N–H and O–H groups in total. The lowest BCUT2D eigenvalue weighted by Crippen LogP contribution is -2.43. The number of aryl methyl sites for hydroxylation is 2. The third kappa shape index (κ3) is 5.44. The van der Waals surface area contributed by atoms with Crippen molar-refractivity contribution in [3.63, 3.8) is 0 Å². The molecule has 0 aromatic heterocycles. The Hall–Kier alpha value is -3.68. The Morgan fingerprint density at radius 2 is 1.87 bits per heavy atom. The van der Waals surface area contributed by atoms with Gasteiger partial charge in [-0.3, -0.25) is 20.4 Å². The molecule has 0 saturated heterocycles. The SMILES string of the molecule is COc1cc(/C=C/C(=O)NNC(=O)COc2cc(C)ccc2C)cc2c1OCCO2. The summed E-state index contributed by atoms with van der Waals surface area (Å²) in [7, 11) is 1.53. The summed E-state index contributed by atoms with van der Waals surface area (Å²) in [6, 6.07) is 9.21. The summed E-state index contributed by atoms with van der Waals surface area (Å²) in [5.74, 6) is 1.27.